The van der Waals surface area contributed by atoms with Crippen LogP contribution in [-0.2, 0) is 22.7 Å². The number of thiophene rings is 2. The van der Waals surface area contributed by atoms with Gasteiger partial charge in [-0.05, 0) is 47.2 Å². The summed E-state index contributed by atoms with van der Waals surface area (Å²) >= 11 is 3.16. The summed E-state index contributed by atoms with van der Waals surface area (Å²) in [6, 6.07) is 12.6. The summed E-state index contributed by atoms with van der Waals surface area (Å²) in [6.07, 6.45) is 0.108. The summed E-state index contributed by atoms with van der Waals surface area (Å²) in [5, 5.41) is 9.75. The molecule has 0 saturated heterocycles. The van der Waals surface area contributed by atoms with Crippen molar-refractivity contribution in [2.45, 2.75) is 25.6 Å². The lowest BCUT2D eigenvalue weighted by atomic mass is 10.1. The molecule has 0 saturated carbocycles. The summed E-state index contributed by atoms with van der Waals surface area (Å²) < 4.78 is 13.3. The van der Waals surface area contributed by atoms with E-state index in [1.54, 1.807) is 27.6 Å². The Morgan fingerprint density at radius 2 is 1.67 bits per heavy atom. The number of nitrogens with two attached hydrogens (primary N) is 1. The number of primary amides is 1. The van der Waals surface area contributed by atoms with Crippen LogP contribution < -0.4 is 10.7 Å². The van der Waals surface area contributed by atoms with Crippen molar-refractivity contribution in [2.24, 2.45) is 10.8 Å². The zero-order valence-corrected chi connectivity index (χ0v) is 17.5. The molecule has 0 aliphatic carbocycles. The van der Waals surface area contributed by atoms with E-state index in [9.17, 15) is 14.0 Å². The number of hydrazone groups is 1. The fourth-order valence-electron chi connectivity index (χ4n) is 3.26. The standard InChI is InChI=1S/C21H19FN4O2S2/c22-14-5-7-15(8-6-14)26-19(20(23)27)11-18(24-26)21(28)25(12-16-3-1-9-29-16)13-17-4-2-10-30-17/h1-10,19H,11-13H2,(H2,23,27). The Labute approximate surface area is 181 Å². The van der Waals surface area contributed by atoms with Crippen LogP contribution in [0.4, 0.5) is 10.1 Å². The molecule has 1 atom stereocenters. The zero-order valence-electron chi connectivity index (χ0n) is 15.9. The van der Waals surface area contributed by atoms with E-state index >= 15 is 0 Å². The first-order chi connectivity index (χ1) is 14.5. The van der Waals surface area contributed by atoms with E-state index in [0.29, 0.717) is 18.8 Å². The quantitative estimate of drug-likeness (QED) is 0.607. The molecule has 1 aromatic carbocycles. The normalized spacial score (nSPS) is 15.8. The number of benzene rings is 1. The lowest BCUT2D eigenvalue weighted by Gasteiger charge is -2.21. The van der Waals surface area contributed by atoms with Gasteiger partial charge < -0.3 is 10.6 Å². The minimum atomic E-state index is -0.792. The molecule has 154 valence electrons. The zero-order chi connectivity index (χ0) is 21.1. The van der Waals surface area contributed by atoms with Crippen LogP contribution in [0.3, 0.4) is 0 Å². The van der Waals surface area contributed by atoms with Crippen molar-refractivity contribution in [3.05, 3.63) is 74.9 Å². The van der Waals surface area contributed by atoms with Gasteiger partial charge in [0.15, 0.2) is 0 Å². The van der Waals surface area contributed by atoms with Crippen molar-refractivity contribution in [3.63, 3.8) is 0 Å². The fourth-order valence-corrected chi connectivity index (χ4v) is 4.70. The number of halogens is 1. The van der Waals surface area contributed by atoms with Crippen LogP contribution >= 0.6 is 22.7 Å². The summed E-state index contributed by atoms with van der Waals surface area (Å²) in [4.78, 5) is 29.2. The maximum atomic E-state index is 13.4. The lowest BCUT2D eigenvalue weighted by Crippen LogP contribution is -2.40. The van der Waals surface area contributed by atoms with Gasteiger partial charge in [-0.15, -0.1) is 22.7 Å². The molecule has 4 rings (SSSR count). The molecule has 1 aliphatic rings. The minimum Gasteiger partial charge on any atom is -0.368 e. The molecule has 9 heteroatoms. The molecule has 0 spiro atoms. The first-order valence-corrected chi connectivity index (χ1v) is 11.0. The third kappa shape index (κ3) is 4.42. The van der Waals surface area contributed by atoms with Gasteiger partial charge in [-0.2, -0.15) is 5.10 Å². The van der Waals surface area contributed by atoms with E-state index in [2.05, 4.69) is 5.10 Å². The third-order valence-corrected chi connectivity index (χ3v) is 6.44. The number of carbonyl (C=O) groups excluding carboxylic acids is 2. The second-order valence-corrected chi connectivity index (χ2v) is 8.87. The van der Waals surface area contributed by atoms with E-state index in [0.717, 1.165) is 9.75 Å². The van der Waals surface area contributed by atoms with Crippen molar-refractivity contribution < 1.29 is 14.0 Å². The highest BCUT2D eigenvalue weighted by Crippen LogP contribution is 2.26. The van der Waals surface area contributed by atoms with Crippen molar-refractivity contribution in [1.29, 1.82) is 0 Å². The molecule has 3 heterocycles. The molecule has 30 heavy (non-hydrogen) atoms. The Balaban J connectivity index is 1.61. The van der Waals surface area contributed by atoms with Gasteiger partial charge in [0.25, 0.3) is 5.91 Å². The number of hydrogen-bond acceptors (Lipinski definition) is 6. The second kappa shape index (κ2) is 8.76. The van der Waals surface area contributed by atoms with Crippen molar-refractivity contribution in [3.8, 4) is 0 Å². The topological polar surface area (TPSA) is 79.0 Å². The summed E-state index contributed by atoms with van der Waals surface area (Å²) in [5.74, 6) is -1.23. The Morgan fingerprint density at radius 1 is 1.07 bits per heavy atom. The van der Waals surface area contributed by atoms with Crippen LogP contribution in [0.1, 0.15) is 16.2 Å². The van der Waals surface area contributed by atoms with Crippen LogP contribution in [-0.4, -0.2) is 28.5 Å². The van der Waals surface area contributed by atoms with Crippen LogP contribution in [0.2, 0.25) is 0 Å². The summed E-state index contributed by atoms with van der Waals surface area (Å²) in [6.45, 7) is 0.899. The van der Waals surface area contributed by atoms with Crippen molar-refractivity contribution in [1.82, 2.24) is 4.90 Å². The van der Waals surface area contributed by atoms with E-state index in [1.807, 2.05) is 35.0 Å². The Bertz CT molecular complexity index is 1010. The molecule has 0 bridgehead atoms. The van der Waals surface area contributed by atoms with Gasteiger partial charge in [0.1, 0.15) is 17.6 Å². The second-order valence-electron chi connectivity index (χ2n) is 6.81. The highest BCUT2D eigenvalue weighted by atomic mass is 32.1. The Morgan fingerprint density at radius 3 is 2.17 bits per heavy atom. The van der Waals surface area contributed by atoms with Crippen LogP contribution in [0.15, 0.2) is 64.4 Å². The maximum absolute atomic E-state index is 13.4. The predicted octanol–water partition coefficient (Wildman–Crippen LogP) is 3.60. The molecule has 0 fully saturated rings. The number of carbonyl (C=O) groups is 2. The first kappa shape index (κ1) is 20.2. The van der Waals surface area contributed by atoms with E-state index in [4.69, 9.17) is 5.73 Å². The van der Waals surface area contributed by atoms with Gasteiger partial charge in [-0.3, -0.25) is 14.6 Å². The number of rotatable bonds is 7. The van der Waals surface area contributed by atoms with Crippen LogP contribution in [0, 0.1) is 5.82 Å². The molecule has 2 aromatic heterocycles. The molecule has 2 amide bonds. The van der Waals surface area contributed by atoms with E-state index < -0.39 is 17.8 Å². The average molecular weight is 443 g/mol. The smallest absolute Gasteiger partial charge is 0.270 e. The van der Waals surface area contributed by atoms with Crippen LogP contribution in [0.25, 0.3) is 0 Å². The fraction of sp³-hybridized carbons (Fsp3) is 0.190. The molecule has 6 nitrogen and oxygen atoms in total. The monoisotopic (exact) mass is 442 g/mol. The predicted molar refractivity (Wildman–Crippen MR) is 117 cm³/mol. The highest BCUT2D eigenvalue weighted by molar-refractivity contribution is 7.10. The molecule has 1 aliphatic heterocycles. The Hall–Kier alpha value is -3.04. The van der Waals surface area contributed by atoms with Gasteiger partial charge in [-0.1, -0.05) is 12.1 Å². The molecule has 0 radical (unpaired) electrons. The van der Waals surface area contributed by atoms with Crippen LogP contribution in [0.5, 0.6) is 0 Å². The highest BCUT2D eigenvalue weighted by Gasteiger charge is 2.36. The third-order valence-electron chi connectivity index (χ3n) is 4.72. The van der Waals surface area contributed by atoms with Crippen molar-refractivity contribution in [2.75, 3.05) is 5.01 Å². The molecule has 3 aromatic rings. The van der Waals surface area contributed by atoms with Gasteiger partial charge >= 0.3 is 0 Å². The first-order valence-electron chi connectivity index (χ1n) is 9.27. The maximum Gasteiger partial charge on any atom is 0.270 e. The number of hydrogen-bond donors (Lipinski definition) is 1. The number of amides is 2. The molecule has 2 N–H and O–H groups in total. The summed E-state index contributed by atoms with van der Waals surface area (Å²) in [5.41, 5.74) is 6.33. The Kier molecular flexibility index (Phi) is 5.91. The van der Waals surface area contributed by atoms with E-state index in [1.165, 1.54) is 29.3 Å². The largest absolute Gasteiger partial charge is 0.368 e. The van der Waals surface area contributed by atoms with E-state index in [-0.39, 0.29) is 18.0 Å². The van der Waals surface area contributed by atoms with Gasteiger partial charge in [0, 0.05) is 16.2 Å². The molecular weight excluding hydrogens is 423 g/mol. The average Bonchev–Trinajstić information content (AvgIpc) is 3.49. The number of anilines is 1. The summed E-state index contributed by atoms with van der Waals surface area (Å²) in [7, 11) is 0. The van der Waals surface area contributed by atoms with Gasteiger partial charge in [0.2, 0.25) is 5.91 Å². The minimum absolute atomic E-state index is 0.108. The lowest BCUT2D eigenvalue weighted by molar-refractivity contribution is -0.125. The molecular formula is C21H19FN4O2S2. The molecule has 1 unspecified atom stereocenters. The SMILES string of the molecule is NC(=O)C1CC(C(=O)N(Cc2cccs2)Cc2cccs2)=NN1c1ccc(F)cc1. The number of nitrogens with zero attached hydrogens (tertiary/aromatic N) is 3. The van der Waals surface area contributed by atoms with Gasteiger partial charge in [-0.25, -0.2) is 4.39 Å². The van der Waals surface area contributed by atoms with Crippen molar-refractivity contribution >= 4 is 45.9 Å². The van der Waals surface area contributed by atoms with Gasteiger partial charge in [0.05, 0.1) is 18.8 Å².